The summed E-state index contributed by atoms with van der Waals surface area (Å²) in [6.45, 7) is 5.93. The SMILES string of the molecule is C/C=C(\C)n1nc(-c2ccc(C)cc2)c2c(N)c(C(=O)NC)cnc21. The molecule has 6 heteroatoms. The van der Waals surface area contributed by atoms with Gasteiger partial charge in [-0.05, 0) is 20.8 Å². The number of fused-ring (bicyclic) bond motifs is 1. The fraction of sp³-hybridized carbons (Fsp3) is 0.211. The molecule has 3 aromatic rings. The van der Waals surface area contributed by atoms with E-state index >= 15 is 0 Å². The number of aromatic nitrogens is 3. The summed E-state index contributed by atoms with van der Waals surface area (Å²) in [6.07, 6.45) is 3.45. The molecule has 0 saturated carbocycles. The monoisotopic (exact) mass is 335 g/mol. The first-order valence-electron chi connectivity index (χ1n) is 8.07. The molecule has 0 saturated heterocycles. The summed E-state index contributed by atoms with van der Waals surface area (Å²) in [6, 6.07) is 8.04. The number of hydrogen-bond donors (Lipinski definition) is 2. The second-order valence-electron chi connectivity index (χ2n) is 5.92. The highest BCUT2D eigenvalue weighted by Gasteiger charge is 2.21. The summed E-state index contributed by atoms with van der Waals surface area (Å²) < 4.78 is 1.76. The number of nitrogen functional groups attached to an aromatic ring is 1. The van der Waals surface area contributed by atoms with Crippen LogP contribution >= 0.6 is 0 Å². The number of allylic oxidation sites excluding steroid dienone is 2. The molecule has 25 heavy (non-hydrogen) atoms. The Morgan fingerprint density at radius 1 is 1.28 bits per heavy atom. The van der Waals surface area contributed by atoms with Gasteiger partial charge in [0, 0.05) is 24.5 Å². The Morgan fingerprint density at radius 2 is 1.96 bits per heavy atom. The average Bonchev–Trinajstić information content (AvgIpc) is 3.02. The lowest BCUT2D eigenvalue weighted by molar-refractivity contribution is 0.0964. The van der Waals surface area contributed by atoms with Gasteiger partial charge < -0.3 is 11.1 Å². The lowest BCUT2D eigenvalue weighted by atomic mass is 10.0. The van der Waals surface area contributed by atoms with Crippen LogP contribution in [0.2, 0.25) is 0 Å². The zero-order chi connectivity index (χ0) is 18.1. The van der Waals surface area contributed by atoms with E-state index in [-0.39, 0.29) is 5.91 Å². The van der Waals surface area contributed by atoms with Gasteiger partial charge >= 0.3 is 0 Å². The molecular formula is C19H21N5O. The molecule has 0 unspecified atom stereocenters. The predicted octanol–water partition coefficient (Wildman–Crippen LogP) is 3.23. The van der Waals surface area contributed by atoms with E-state index in [0.29, 0.717) is 28.0 Å². The molecule has 3 rings (SSSR count). The van der Waals surface area contributed by atoms with Crippen LogP contribution in [0.25, 0.3) is 28.0 Å². The molecule has 0 aliphatic rings. The van der Waals surface area contributed by atoms with Gasteiger partial charge in [-0.15, -0.1) is 0 Å². The number of benzene rings is 1. The lowest BCUT2D eigenvalue weighted by Crippen LogP contribution is -2.19. The Balaban J connectivity index is 2.38. The van der Waals surface area contributed by atoms with Crippen molar-refractivity contribution in [3.05, 3.63) is 47.7 Å². The van der Waals surface area contributed by atoms with Crippen molar-refractivity contribution in [2.75, 3.05) is 12.8 Å². The Kier molecular flexibility index (Phi) is 4.27. The summed E-state index contributed by atoms with van der Waals surface area (Å²) in [5.41, 5.74) is 11.5. The molecular weight excluding hydrogens is 314 g/mol. The molecule has 0 aliphatic carbocycles. The molecule has 1 amide bonds. The highest BCUT2D eigenvalue weighted by atomic mass is 16.1. The van der Waals surface area contributed by atoms with Gasteiger partial charge in [-0.1, -0.05) is 35.9 Å². The van der Waals surface area contributed by atoms with Crippen LogP contribution < -0.4 is 11.1 Å². The maximum Gasteiger partial charge on any atom is 0.254 e. The average molecular weight is 335 g/mol. The number of amides is 1. The summed E-state index contributed by atoms with van der Waals surface area (Å²) in [5.74, 6) is -0.266. The molecule has 128 valence electrons. The highest BCUT2D eigenvalue weighted by Crippen LogP contribution is 2.34. The summed E-state index contributed by atoms with van der Waals surface area (Å²) in [4.78, 5) is 16.6. The molecule has 0 fully saturated rings. The van der Waals surface area contributed by atoms with Crippen LogP contribution in [0, 0.1) is 6.92 Å². The third-order valence-electron chi connectivity index (χ3n) is 4.29. The molecule has 1 aromatic carbocycles. The van der Waals surface area contributed by atoms with E-state index in [1.165, 1.54) is 6.20 Å². The van der Waals surface area contributed by atoms with E-state index in [1.54, 1.807) is 11.7 Å². The van der Waals surface area contributed by atoms with Crippen molar-refractivity contribution in [1.29, 1.82) is 0 Å². The second-order valence-corrected chi connectivity index (χ2v) is 5.92. The number of rotatable bonds is 3. The van der Waals surface area contributed by atoms with Crippen LogP contribution in [0.5, 0.6) is 0 Å². The number of nitrogens with zero attached hydrogens (tertiary/aromatic N) is 3. The molecule has 2 heterocycles. The Hall–Kier alpha value is -3.15. The molecule has 0 radical (unpaired) electrons. The van der Waals surface area contributed by atoms with E-state index < -0.39 is 0 Å². The molecule has 0 aliphatic heterocycles. The third-order valence-corrected chi connectivity index (χ3v) is 4.29. The van der Waals surface area contributed by atoms with Gasteiger partial charge in [0.1, 0.15) is 5.69 Å². The second kappa shape index (κ2) is 6.39. The van der Waals surface area contributed by atoms with Crippen molar-refractivity contribution < 1.29 is 4.79 Å². The quantitative estimate of drug-likeness (QED) is 0.769. The van der Waals surface area contributed by atoms with Crippen LogP contribution in [0.15, 0.2) is 36.5 Å². The van der Waals surface area contributed by atoms with Gasteiger partial charge in [-0.2, -0.15) is 5.10 Å². The minimum Gasteiger partial charge on any atom is -0.397 e. The number of anilines is 1. The van der Waals surface area contributed by atoms with Gasteiger partial charge in [0.2, 0.25) is 0 Å². The van der Waals surface area contributed by atoms with Crippen molar-refractivity contribution in [2.24, 2.45) is 0 Å². The first-order chi connectivity index (χ1) is 12.0. The van der Waals surface area contributed by atoms with Gasteiger partial charge in [0.25, 0.3) is 5.91 Å². The molecule has 0 spiro atoms. The normalized spacial score (nSPS) is 11.8. The number of carbonyl (C=O) groups excluding carboxylic acids is 1. The molecule has 3 N–H and O–H groups in total. The van der Waals surface area contributed by atoms with E-state index in [1.807, 2.05) is 51.1 Å². The van der Waals surface area contributed by atoms with Gasteiger partial charge in [0.15, 0.2) is 5.65 Å². The highest BCUT2D eigenvalue weighted by molar-refractivity contribution is 6.10. The van der Waals surface area contributed by atoms with Gasteiger partial charge in [-0.25, -0.2) is 9.67 Å². The van der Waals surface area contributed by atoms with Crippen molar-refractivity contribution >= 4 is 28.3 Å². The Labute approximate surface area is 146 Å². The first kappa shape index (κ1) is 16.7. The van der Waals surface area contributed by atoms with Crippen LogP contribution in [0.3, 0.4) is 0 Å². The third kappa shape index (κ3) is 2.76. The van der Waals surface area contributed by atoms with Gasteiger partial charge in [0.05, 0.1) is 16.6 Å². The molecule has 2 aromatic heterocycles. The lowest BCUT2D eigenvalue weighted by Gasteiger charge is -2.07. The van der Waals surface area contributed by atoms with Crippen LogP contribution in [-0.2, 0) is 0 Å². The number of nitrogens with two attached hydrogens (primary N) is 1. The van der Waals surface area contributed by atoms with E-state index in [2.05, 4.69) is 10.3 Å². The smallest absolute Gasteiger partial charge is 0.254 e. The minimum atomic E-state index is -0.266. The fourth-order valence-electron chi connectivity index (χ4n) is 2.70. The van der Waals surface area contributed by atoms with Crippen molar-refractivity contribution in [1.82, 2.24) is 20.1 Å². The summed E-state index contributed by atoms with van der Waals surface area (Å²) in [5, 5.41) is 8.00. The Bertz CT molecular complexity index is 983. The van der Waals surface area contributed by atoms with Crippen molar-refractivity contribution in [2.45, 2.75) is 20.8 Å². The van der Waals surface area contributed by atoms with E-state index in [9.17, 15) is 4.79 Å². The fourth-order valence-corrected chi connectivity index (χ4v) is 2.70. The zero-order valence-electron chi connectivity index (χ0n) is 14.8. The van der Waals surface area contributed by atoms with E-state index in [0.717, 1.165) is 16.8 Å². The topological polar surface area (TPSA) is 85.8 Å². The maximum atomic E-state index is 12.1. The zero-order valence-corrected chi connectivity index (χ0v) is 14.8. The number of nitrogens with one attached hydrogen (secondary N) is 1. The Morgan fingerprint density at radius 3 is 2.56 bits per heavy atom. The molecule has 0 bridgehead atoms. The van der Waals surface area contributed by atoms with E-state index in [4.69, 9.17) is 10.8 Å². The van der Waals surface area contributed by atoms with Gasteiger partial charge in [-0.3, -0.25) is 4.79 Å². The van der Waals surface area contributed by atoms with Crippen LogP contribution in [-0.4, -0.2) is 27.7 Å². The first-order valence-corrected chi connectivity index (χ1v) is 8.07. The van der Waals surface area contributed by atoms with Crippen molar-refractivity contribution in [3.63, 3.8) is 0 Å². The summed E-state index contributed by atoms with van der Waals surface area (Å²) in [7, 11) is 1.57. The van der Waals surface area contributed by atoms with Crippen LogP contribution in [0.1, 0.15) is 29.8 Å². The largest absolute Gasteiger partial charge is 0.397 e. The number of carbonyl (C=O) groups is 1. The predicted molar refractivity (Wildman–Crippen MR) is 101 cm³/mol. The molecule has 0 atom stereocenters. The maximum absolute atomic E-state index is 12.1. The number of aryl methyl sites for hydroxylation is 1. The standard InChI is InChI=1S/C19H21N5O/c1-5-12(3)24-18-15(16(20)14(10-22-18)19(25)21-4)17(23-24)13-8-6-11(2)7-9-13/h5-10H,1-4H3,(H2,20,22)(H,21,25)/b12-5+. The summed E-state index contributed by atoms with van der Waals surface area (Å²) >= 11 is 0. The minimum absolute atomic E-state index is 0.266. The number of hydrogen-bond acceptors (Lipinski definition) is 4. The van der Waals surface area contributed by atoms with Crippen LogP contribution in [0.4, 0.5) is 5.69 Å². The molecule has 6 nitrogen and oxygen atoms in total. The number of pyridine rings is 1. The van der Waals surface area contributed by atoms with Crippen molar-refractivity contribution in [3.8, 4) is 11.3 Å².